The van der Waals surface area contributed by atoms with E-state index >= 15 is 0 Å². The van der Waals surface area contributed by atoms with E-state index < -0.39 is 0 Å². The molecule has 0 radical (unpaired) electrons. The van der Waals surface area contributed by atoms with Crippen LogP contribution in [0.4, 0.5) is 10.7 Å². The minimum absolute atomic E-state index is 0.0809. The van der Waals surface area contributed by atoms with Crippen molar-refractivity contribution in [1.82, 2.24) is 0 Å². The molecule has 0 aliphatic heterocycles. The van der Waals surface area contributed by atoms with Gasteiger partial charge in [-0.1, -0.05) is 39.0 Å². The number of amides is 1. The summed E-state index contributed by atoms with van der Waals surface area (Å²) in [5.74, 6) is 0.923. The molecular weight excluding hydrogens is 432 g/mol. The molecule has 0 saturated heterocycles. The Kier molecular flexibility index (Phi) is 6.56. The number of thiophene rings is 1. The van der Waals surface area contributed by atoms with E-state index in [2.05, 4.69) is 26.1 Å². The summed E-state index contributed by atoms with van der Waals surface area (Å²) in [6, 6.07) is 14.6. The van der Waals surface area contributed by atoms with Crippen LogP contribution in [0.1, 0.15) is 53.6 Å². The lowest BCUT2D eigenvalue weighted by Gasteiger charge is -2.33. The normalized spacial score (nSPS) is 15.9. The number of carbonyl (C=O) groups is 1. The number of hydrogen-bond acceptors (Lipinski definition) is 5. The zero-order valence-electron chi connectivity index (χ0n) is 19.5. The van der Waals surface area contributed by atoms with E-state index in [0.717, 1.165) is 41.1 Å². The molecule has 0 saturated carbocycles. The molecule has 0 fully saturated rings. The first-order chi connectivity index (χ1) is 15.8. The third-order valence-corrected chi connectivity index (χ3v) is 7.43. The Morgan fingerprint density at radius 3 is 2.67 bits per heavy atom. The van der Waals surface area contributed by atoms with Crippen molar-refractivity contribution >= 4 is 34.1 Å². The maximum absolute atomic E-state index is 13.4. The van der Waals surface area contributed by atoms with Crippen molar-refractivity contribution in [3.63, 3.8) is 0 Å². The van der Waals surface area contributed by atoms with Gasteiger partial charge in [0.2, 0.25) is 0 Å². The molecule has 2 N–H and O–H groups in total. The van der Waals surface area contributed by atoms with E-state index in [4.69, 9.17) is 9.73 Å². The summed E-state index contributed by atoms with van der Waals surface area (Å²) in [5.41, 5.74) is 3.58. The summed E-state index contributed by atoms with van der Waals surface area (Å²) in [7, 11) is 1.51. The van der Waals surface area contributed by atoms with Crippen LogP contribution >= 0.6 is 11.3 Å². The smallest absolute Gasteiger partial charge is 0.259 e. The maximum Gasteiger partial charge on any atom is 0.259 e. The highest BCUT2D eigenvalue weighted by molar-refractivity contribution is 7.16. The fraction of sp³-hybridized carbons (Fsp3) is 0.333. The van der Waals surface area contributed by atoms with E-state index in [1.54, 1.807) is 35.8 Å². The maximum atomic E-state index is 13.4. The third-order valence-electron chi connectivity index (χ3n) is 6.26. The molecule has 1 unspecified atom stereocenters. The van der Waals surface area contributed by atoms with Gasteiger partial charge in [-0.25, -0.2) is 4.99 Å². The van der Waals surface area contributed by atoms with Gasteiger partial charge in [0.15, 0.2) is 11.5 Å². The van der Waals surface area contributed by atoms with E-state index in [9.17, 15) is 9.90 Å². The molecule has 0 bridgehead atoms. The quantitative estimate of drug-likeness (QED) is 0.419. The minimum Gasteiger partial charge on any atom is -0.504 e. The Balaban J connectivity index is 1.71. The molecule has 6 heteroatoms. The van der Waals surface area contributed by atoms with Crippen LogP contribution in [0.5, 0.6) is 11.5 Å². The Morgan fingerprint density at radius 1 is 1.21 bits per heavy atom. The van der Waals surface area contributed by atoms with Gasteiger partial charge in [0, 0.05) is 16.8 Å². The largest absolute Gasteiger partial charge is 0.504 e. The lowest BCUT2D eigenvalue weighted by molar-refractivity contribution is 0.102. The third kappa shape index (κ3) is 5.11. The van der Waals surface area contributed by atoms with Crippen LogP contribution in [-0.4, -0.2) is 24.3 Å². The molecule has 0 spiro atoms. The molecule has 1 heterocycles. The highest BCUT2D eigenvalue weighted by atomic mass is 32.1. The van der Waals surface area contributed by atoms with Crippen LogP contribution in [0.3, 0.4) is 0 Å². The summed E-state index contributed by atoms with van der Waals surface area (Å²) in [5, 5.41) is 13.6. The van der Waals surface area contributed by atoms with E-state index in [0.29, 0.717) is 17.2 Å². The van der Waals surface area contributed by atoms with Crippen molar-refractivity contribution in [1.29, 1.82) is 0 Å². The van der Waals surface area contributed by atoms with Crippen molar-refractivity contribution in [3.8, 4) is 11.5 Å². The van der Waals surface area contributed by atoms with Gasteiger partial charge in [0.1, 0.15) is 5.00 Å². The molecule has 3 aromatic rings. The number of phenolic OH excluding ortho intramolecular Hbond substituents is 1. The molecule has 1 aliphatic rings. The molecule has 5 nitrogen and oxygen atoms in total. The summed E-state index contributed by atoms with van der Waals surface area (Å²) >= 11 is 1.61. The molecule has 2 aromatic carbocycles. The average Bonchev–Trinajstić information content (AvgIpc) is 3.16. The zero-order valence-corrected chi connectivity index (χ0v) is 20.3. The SMILES string of the molecule is COc1cc(C=Nc2sc3c(c2C(=O)Nc2ccccc2)CCC(C(C)(C)C)C3)ccc1O. The number of ether oxygens (including phenoxy) is 1. The van der Waals surface area contributed by atoms with Gasteiger partial charge in [-0.15, -0.1) is 11.3 Å². The number of methoxy groups -OCH3 is 1. The van der Waals surface area contributed by atoms with Gasteiger partial charge >= 0.3 is 0 Å². The standard InChI is InChI=1S/C27H30N2O3S/c1-27(2,3)18-11-12-20-23(15-18)33-26(24(20)25(31)29-19-8-6-5-7-9-19)28-16-17-10-13-21(30)22(14-17)32-4/h5-10,13-14,16,18,30H,11-12,15H2,1-4H3,(H,29,31). The predicted molar refractivity (Wildman–Crippen MR) is 136 cm³/mol. The Hall–Kier alpha value is -3.12. The van der Waals surface area contributed by atoms with Crippen LogP contribution in [-0.2, 0) is 12.8 Å². The topological polar surface area (TPSA) is 70.9 Å². The number of nitrogens with one attached hydrogen (secondary N) is 1. The molecule has 1 amide bonds. The van der Waals surface area contributed by atoms with Crippen molar-refractivity contribution in [3.05, 3.63) is 70.1 Å². The van der Waals surface area contributed by atoms with E-state index in [-0.39, 0.29) is 17.1 Å². The summed E-state index contributed by atoms with van der Waals surface area (Å²) in [6.07, 6.45) is 4.64. The Labute approximate surface area is 199 Å². The molecule has 172 valence electrons. The lowest BCUT2D eigenvalue weighted by atomic mass is 9.72. The second-order valence-electron chi connectivity index (χ2n) is 9.50. The monoisotopic (exact) mass is 462 g/mol. The Bertz CT molecular complexity index is 1180. The first kappa shape index (κ1) is 23.1. The summed E-state index contributed by atoms with van der Waals surface area (Å²) in [4.78, 5) is 19.4. The van der Waals surface area contributed by atoms with Crippen LogP contribution in [0.2, 0.25) is 0 Å². The van der Waals surface area contributed by atoms with Crippen molar-refractivity contribution in [2.24, 2.45) is 16.3 Å². The number of rotatable bonds is 5. The second kappa shape index (κ2) is 9.40. The number of hydrogen-bond donors (Lipinski definition) is 2. The molecule has 4 rings (SSSR count). The van der Waals surface area contributed by atoms with Gasteiger partial charge in [-0.3, -0.25) is 4.79 Å². The van der Waals surface area contributed by atoms with Gasteiger partial charge in [0.05, 0.1) is 12.7 Å². The molecular formula is C27H30N2O3S. The van der Waals surface area contributed by atoms with Gasteiger partial charge in [-0.05, 0) is 72.1 Å². The summed E-state index contributed by atoms with van der Waals surface area (Å²) < 4.78 is 5.20. The average molecular weight is 463 g/mol. The fourth-order valence-corrected chi connectivity index (χ4v) is 5.53. The van der Waals surface area contributed by atoms with Crippen molar-refractivity contribution in [2.75, 3.05) is 12.4 Å². The number of anilines is 1. The highest BCUT2D eigenvalue weighted by Crippen LogP contribution is 2.45. The fourth-order valence-electron chi connectivity index (χ4n) is 4.26. The highest BCUT2D eigenvalue weighted by Gasteiger charge is 2.33. The number of para-hydroxylation sites is 1. The lowest BCUT2D eigenvalue weighted by Crippen LogP contribution is -2.27. The second-order valence-corrected chi connectivity index (χ2v) is 10.6. The number of aromatic hydroxyl groups is 1. The van der Waals surface area contributed by atoms with Gasteiger partial charge in [-0.2, -0.15) is 0 Å². The number of benzene rings is 2. The van der Waals surface area contributed by atoms with E-state index in [1.807, 2.05) is 30.3 Å². The number of nitrogens with zero attached hydrogens (tertiary/aromatic N) is 1. The van der Waals surface area contributed by atoms with Crippen LogP contribution in [0.15, 0.2) is 53.5 Å². The molecule has 1 aliphatic carbocycles. The van der Waals surface area contributed by atoms with Crippen LogP contribution in [0, 0.1) is 11.3 Å². The number of phenols is 1. The Morgan fingerprint density at radius 2 is 1.97 bits per heavy atom. The molecule has 33 heavy (non-hydrogen) atoms. The number of fused-ring (bicyclic) bond motifs is 1. The van der Waals surface area contributed by atoms with Gasteiger partial charge < -0.3 is 15.2 Å². The van der Waals surface area contributed by atoms with Crippen LogP contribution < -0.4 is 10.1 Å². The van der Waals surface area contributed by atoms with E-state index in [1.165, 1.54) is 12.0 Å². The first-order valence-corrected chi connectivity index (χ1v) is 12.0. The first-order valence-electron chi connectivity index (χ1n) is 11.2. The van der Waals surface area contributed by atoms with Crippen molar-refractivity contribution in [2.45, 2.75) is 40.0 Å². The molecule has 1 aromatic heterocycles. The minimum atomic E-state index is -0.122. The predicted octanol–water partition coefficient (Wildman–Crippen LogP) is 6.62. The summed E-state index contributed by atoms with van der Waals surface area (Å²) in [6.45, 7) is 6.86. The zero-order chi connectivity index (χ0) is 23.6. The number of aliphatic imine (C=N–C) groups is 1. The molecule has 1 atom stereocenters. The van der Waals surface area contributed by atoms with Gasteiger partial charge in [0.25, 0.3) is 5.91 Å². The number of carbonyl (C=O) groups excluding carboxylic acids is 1. The van der Waals surface area contributed by atoms with Crippen molar-refractivity contribution < 1.29 is 14.6 Å². The van der Waals surface area contributed by atoms with Crippen LogP contribution in [0.25, 0.3) is 0 Å².